The lowest BCUT2D eigenvalue weighted by Crippen LogP contribution is -2.22. The Labute approximate surface area is 122 Å². The molecular weight excluding hydrogens is 270 g/mol. The van der Waals surface area contributed by atoms with Crippen LogP contribution in [0, 0.1) is 0 Å². The molecule has 5 nitrogen and oxygen atoms in total. The monoisotopic (exact) mass is 285 g/mol. The number of ether oxygens (including phenoxy) is 2. The molecule has 0 bridgehead atoms. The number of hydrogen-bond acceptors (Lipinski definition) is 4. The zero-order valence-electron chi connectivity index (χ0n) is 11.4. The Morgan fingerprint density at radius 3 is 3.10 bits per heavy atom. The molecule has 1 unspecified atom stereocenters. The fourth-order valence-corrected chi connectivity index (χ4v) is 2.45. The third-order valence-electron chi connectivity index (χ3n) is 3.50. The van der Waals surface area contributed by atoms with Gasteiger partial charge in [-0.15, -0.1) is 0 Å². The summed E-state index contributed by atoms with van der Waals surface area (Å²) < 4.78 is 11.4. The number of aromatic nitrogens is 1. The van der Waals surface area contributed by atoms with Crippen LogP contribution in [-0.4, -0.2) is 29.3 Å². The van der Waals surface area contributed by atoms with Crippen molar-refractivity contribution >= 4 is 5.97 Å². The summed E-state index contributed by atoms with van der Waals surface area (Å²) in [5, 5.41) is 9.12. The van der Waals surface area contributed by atoms with Crippen LogP contribution in [0.25, 0.3) is 0 Å². The van der Waals surface area contributed by atoms with E-state index in [-0.39, 0.29) is 24.0 Å². The SMILES string of the molecule is O=C(O)c1ccncc1OCC1OCCc2ccccc21. The van der Waals surface area contributed by atoms with Crippen molar-refractivity contribution < 1.29 is 19.4 Å². The van der Waals surface area contributed by atoms with Gasteiger partial charge >= 0.3 is 5.97 Å². The van der Waals surface area contributed by atoms with E-state index >= 15 is 0 Å². The molecule has 1 atom stereocenters. The van der Waals surface area contributed by atoms with Crippen LogP contribution in [-0.2, 0) is 11.2 Å². The van der Waals surface area contributed by atoms with Crippen LogP contribution >= 0.6 is 0 Å². The van der Waals surface area contributed by atoms with Gasteiger partial charge in [0.05, 0.1) is 12.8 Å². The van der Waals surface area contributed by atoms with E-state index in [0.29, 0.717) is 6.61 Å². The fraction of sp³-hybridized carbons (Fsp3) is 0.250. The number of pyridine rings is 1. The molecular formula is C16H15NO4. The predicted molar refractivity (Wildman–Crippen MR) is 75.5 cm³/mol. The number of benzene rings is 1. The molecule has 1 aromatic carbocycles. The first-order valence-electron chi connectivity index (χ1n) is 6.75. The zero-order valence-corrected chi connectivity index (χ0v) is 11.4. The molecule has 1 aliphatic rings. The first-order valence-corrected chi connectivity index (χ1v) is 6.75. The van der Waals surface area contributed by atoms with Gasteiger partial charge in [0.25, 0.3) is 0 Å². The fourth-order valence-electron chi connectivity index (χ4n) is 2.45. The van der Waals surface area contributed by atoms with Crippen molar-refractivity contribution in [2.75, 3.05) is 13.2 Å². The standard InChI is InChI=1S/C16H15NO4/c18-16(19)13-5-7-17-9-14(13)21-10-15-12-4-2-1-3-11(12)6-8-20-15/h1-5,7,9,15H,6,8,10H2,(H,18,19). The Morgan fingerprint density at radius 2 is 2.24 bits per heavy atom. The lowest BCUT2D eigenvalue weighted by molar-refractivity contribution is 0.00971. The second-order valence-electron chi connectivity index (χ2n) is 4.80. The number of nitrogens with zero attached hydrogens (tertiary/aromatic N) is 1. The van der Waals surface area contributed by atoms with Crippen LogP contribution < -0.4 is 4.74 Å². The molecule has 0 fully saturated rings. The lowest BCUT2D eigenvalue weighted by atomic mass is 9.98. The second-order valence-corrected chi connectivity index (χ2v) is 4.80. The molecule has 0 spiro atoms. The average molecular weight is 285 g/mol. The van der Waals surface area contributed by atoms with Crippen LogP contribution in [0.1, 0.15) is 27.6 Å². The maximum absolute atomic E-state index is 11.1. The summed E-state index contributed by atoms with van der Waals surface area (Å²) in [5.74, 6) is -0.769. The highest BCUT2D eigenvalue weighted by Crippen LogP contribution is 2.28. The van der Waals surface area contributed by atoms with Gasteiger partial charge in [0.1, 0.15) is 18.3 Å². The molecule has 21 heavy (non-hydrogen) atoms. The summed E-state index contributed by atoms with van der Waals surface area (Å²) >= 11 is 0. The van der Waals surface area contributed by atoms with Crippen LogP contribution in [0.4, 0.5) is 0 Å². The third-order valence-corrected chi connectivity index (χ3v) is 3.50. The maximum atomic E-state index is 11.1. The number of aromatic carboxylic acids is 1. The first kappa shape index (κ1) is 13.6. The number of carbonyl (C=O) groups is 1. The molecule has 1 aromatic heterocycles. The Bertz CT molecular complexity index is 656. The van der Waals surface area contributed by atoms with E-state index in [9.17, 15) is 4.79 Å². The highest BCUT2D eigenvalue weighted by Gasteiger charge is 2.22. The van der Waals surface area contributed by atoms with Gasteiger partial charge in [-0.3, -0.25) is 4.98 Å². The van der Waals surface area contributed by atoms with Gasteiger partial charge in [0, 0.05) is 6.20 Å². The van der Waals surface area contributed by atoms with Crippen molar-refractivity contribution in [3.8, 4) is 5.75 Å². The molecule has 3 rings (SSSR count). The van der Waals surface area contributed by atoms with E-state index in [1.165, 1.54) is 24.0 Å². The smallest absolute Gasteiger partial charge is 0.339 e. The van der Waals surface area contributed by atoms with Gasteiger partial charge in [-0.05, 0) is 23.6 Å². The second kappa shape index (κ2) is 5.93. The Morgan fingerprint density at radius 1 is 1.38 bits per heavy atom. The molecule has 0 saturated heterocycles. The lowest BCUT2D eigenvalue weighted by Gasteiger charge is -2.26. The van der Waals surface area contributed by atoms with E-state index in [0.717, 1.165) is 12.0 Å². The molecule has 1 aliphatic heterocycles. The molecule has 0 amide bonds. The number of rotatable bonds is 4. The molecule has 0 radical (unpaired) electrons. The van der Waals surface area contributed by atoms with Crippen molar-refractivity contribution in [1.82, 2.24) is 4.98 Å². The van der Waals surface area contributed by atoms with Crippen LogP contribution in [0.5, 0.6) is 5.75 Å². The van der Waals surface area contributed by atoms with Crippen LogP contribution in [0.3, 0.4) is 0 Å². The van der Waals surface area contributed by atoms with Gasteiger partial charge in [-0.25, -0.2) is 4.79 Å². The van der Waals surface area contributed by atoms with Crippen molar-refractivity contribution in [3.63, 3.8) is 0 Å². The highest BCUT2D eigenvalue weighted by atomic mass is 16.5. The average Bonchev–Trinajstić information content (AvgIpc) is 2.53. The summed E-state index contributed by atoms with van der Waals surface area (Å²) in [7, 11) is 0. The number of carboxylic acid groups (broad SMARTS) is 1. The van der Waals surface area contributed by atoms with Crippen LogP contribution in [0.15, 0.2) is 42.7 Å². The van der Waals surface area contributed by atoms with Crippen molar-refractivity contribution in [2.24, 2.45) is 0 Å². The van der Waals surface area contributed by atoms with Crippen LogP contribution in [0.2, 0.25) is 0 Å². The molecule has 2 heterocycles. The van der Waals surface area contributed by atoms with Gasteiger partial charge in [-0.1, -0.05) is 24.3 Å². The van der Waals surface area contributed by atoms with Crippen molar-refractivity contribution in [1.29, 1.82) is 0 Å². The van der Waals surface area contributed by atoms with E-state index in [4.69, 9.17) is 14.6 Å². The Kier molecular flexibility index (Phi) is 3.83. The maximum Gasteiger partial charge on any atom is 0.339 e. The van der Waals surface area contributed by atoms with Gasteiger partial charge in [-0.2, -0.15) is 0 Å². The minimum Gasteiger partial charge on any atom is -0.488 e. The molecule has 5 heteroatoms. The van der Waals surface area contributed by atoms with Gasteiger partial charge in [0.15, 0.2) is 5.75 Å². The summed E-state index contributed by atoms with van der Waals surface area (Å²) in [5.41, 5.74) is 2.46. The normalized spacial score (nSPS) is 17.0. The van der Waals surface area contributed by atoms with Crippen molar-refractivity contribution in [2.45, 2.75) is 12.5 Å². The number of hydrogen-bond donors (Lipinski definition) is 1. The summed E-state index contributed by atoms with van der Waals surface area (Å²) in [6, 6.07) is 9.49. The third kappa shape index (κ3) is 2.87. The van der Waals surface area contributed by atoms with Gasteiger partial charge in [0.2, 0.25) is 0 Å². The topological polar surface area (TPSA) is 68.7 Å². The minimum atomic E-state index is -1.03. The highest BCUT2D eigenvalue weighted by molar-refractivity contribution is 5.90. The van der Waals surface area contributed by atoms with Gasteiger partial charge < -0.3 is 14.6 Å². The van der Waals surface area contributed by atoms with Crippen molar-refractivity contribution in [3.05, 3.63) is 59.4 Å². The predicted octanol–water partition coefficient (Wildman–Crippen LogP) is 2.47. The zero-order chi connectivity index (χ0) is 14.7. The summed E-state index contributed by atoms with van der Waals surface area (Å²) in [6.07, 6.45) is 3.55. The van der Waals surface area contributed by atoms with E-state index in [1.54, 1.807) is 0 Å². The molecule has 0 saturated carbocycles. The Balaban J connectivity index is 1.76. The van der Waals surface area contributed by atoms with E-state index in [1.807, 2.05) is 18.2 Å². The summed E-state index contributed by atoms with van der Waals surface area (Å²) in [4.78, 5) is 15.0. The largest absolute Gasteiger partial charge is 0.488 e. The molecule has 108 valence electrons. The molecule has 2 aromatic rings. The van der Waals surface area contributed by atoms with E-state index in [2.05, 4.69) is 11.1 Å². The number of carboxylic acids is 1. The Hall–Kier alpha value is -2.40. The minimum absolute atomic E-state index is 0.106. The summed E-state index contributed by atoms with van der Waals surface area (Å²) in [6.45, 7) is 0.910. The quantitative estimate of drug-likeness (QED) is 0.934. The number of fused-ring (bicyclic) bond motifs is 1. The van der Waals surface area contributed by atoms with E-state index < -0.39 is 5.97 Å². The molecule has 1 N–H and O–H groups in total. The molecule has 0 aliphatic carbocycles. The first-order chi connectivity index (χ1) is 10.3.